The standard InChI is InChI=1S/C21H21N3O/c1-14-4-7-17(8-5-14)21(25)24-19-10-11-20(22-13-19)23-18-9-6-15(2)16(3)12-18/h4-13H,1-3H3,(H,22,23)(H,24,25). The molecular weight excluding hydrogens is 310 g/mol. The average molecular weight is 331 g/mol. The molecule has 0 atom stereocenters. The highest BCUT2D eigenvalue weighted by Gasteiger charge is 2.06. The van der Waals surface area contributed by atoms with Crippen LogP contribution in [0.25, 0.3) is 0 Å². The SMILES string of the molecule is Cc1ccc(C(=O)Nc2ccc(Nc3ccc(C)c(C)c3)nc2)cc1. The summed E-state index contributed by atoms with van der Waals surface area (Å²) in [5.41, 5.74) is 5.89. The average Bonchev–Trinajstić information content (AvgIpc) is 2.60. The second kappa shape index (κ2) is 7.18. The summed E-state index contributed by atoms with van der Waals surface area (Å²) < 4.78 is 0. The van der Waals surface area contributed by atoms with Crippen LogP contribution in [-0.2, 0) is 0 Å². The van der Waals surface area contributed by atoms with Crippen molar-refractivity contribution < 1.29 is 4.79 Å². The number of benzene rings is 2. The van der Waals surface area contributed by atoms with Crippen LogP contribution < -0.4 is 10.6 Å². The zero-order valence-corrected chi connectivity index (χ0v) is 14.6. The van der Waals surface area contributed by atoms with Crippen molar-refractivity contribution in [2.75, 3.05) is 10.6 Å². The van der Waals surface area contributed by atoms with Crippen molar-refractivity contribution in [3.63, 3.8) is 0 Å². The smallest absolute Gasteiger partial charge is 0.255 e. The summed E-state index contributed by atoms with van der Waals surface area (Å²) in [6, 6.07) is 17.3. The lowest BCUT2D eigenvalue weighted by atomic mass is 10.1. The second-order valence-electron chi connectivity index (χ2n) is 6.18. The Morgan fingerprint density at radius 3 is 2.20 bits per heavy atom. The molecule has 3 rings (SSSR count). The zero-order valence-electron chi connectivity index (χ0n) is 14.6. The van der Waals surface area contributed by atoms with Crippen LogP contribution in [0.3, 0.4) is 0 Å². The number of aromatic nitrogens is 1. The number of carbonyl (C=O) groups excluding carboxylic acids is 1. The summed E-state index contributed by atoms with van der Waals surface area (Å²) in [7, 11) is 0. The fourth-order valence-electron chi connectivity index (χ4n) is 2.42. The third-order valence-corrected chi connectivity index (χ3v) is 4.11. The maximum absolute atomic E-state index is 12.2. The maximum Gasteiger partial charge on any atom is 0.255 e. The highest BCUT2D eigenvalue weighted by molar-refractivity contribution is 6.04. The molecular formula is C21H21N3O. The van der Waals surface area contributed by atoms with Gasteiger partial charge in [-0.15, -0.1) is 0 Å². The number of rotatable bonds is 4. The topological polar surface area (TPSA) is 54.0 Å². The normalized spacial score (nSPS) is 10.4. The van der Waals surface area contributed by atoms with E-state index in [9.17, 15) is 4.79 Å². The molecule has 0 bridgehead atoms. The second-order valence-corrected chi connectivity index (χ2v) is 6.18. The van der Waals surface area contributed by atoms with Crippen molar-refractivity contribution in [1.82, 2.24) is 4.98 Å². The molecule has 0 aliphatic heterocycles. The molecule has 3 aromatic rings. The molecule has 4 heteroatoms. The fourth-order valence-corrected chi connectivity index (χ4v) is 2.42. The molecule has 2 N–H and O–H groups in total. The van der Waals surface area contributed by atoms with E-state index in [1.165, 1.54) is 11.1 Å². The van der Waals surface area contributed by atoms with Crippen LogP contribution in [0.4, 0.5) is 17.2 Å². The highest BCUT2D eigenvalue weighted by atomic mass is 16.1. The van der Waals surface area contributed by atoms with Gasteiger partial charge in [0.05, 0.1) is 11.9 Å². The molecule has 2 aromatic carbocycles. The van der Waals surface area contributed by atoms with Crippen LogP contribution in [0.2, 0.25) is 0 Å². The molecule has 126 valence electrons. The number of nitrogens with zero attached hydrogens (tertiary/aromatic N) is 1. The number of amides is 1. The molecule has 0 saturated carbocycles. The van der Waals surface area contributed by atoms with Gasteiger partial charge in [-0.1, -0.05) is 23.8 Å². The summed E-state index contributed by atoms with van der Waals surface area (Å²) >= 11 is 0. The molecule has 1 amide bonds. The number of hydrogen-bond donors (Lipinski definition) is 2. The quantitative estimate of drug-likeness (QED) is 0.707. The van der Waals surface area contributed by atoms with Crippen LogP contribution >= 0.6 is 0 Å². The molecule has 1 aromatic heterocycles. The van der Waals surface area contributed by atoms with E-state index in [-0.39, 0.29) is 5.91 Å². The van der Waals surface area contributed by atoms with Crippen LogP contribution in [-0.4, -0.2) is 10.9 Å². The lowest BCUT2D eigenvalue weighted by Crippen LogP contribution is -2.12. The maximum atomic E-state index is 12.2. The van der Waals surface area contributed by atoms with Gasteiger partial charge in [0.25, 0.3) is 5.91 Å². The van der Waals surface area contributed by atoms with Gasteiger partial charge in [-0.05, 0) is 68.3 Å². The molecule has 0 aliphatic rings. The minimum atomic E-state index is -0.142. The number of anilines is 3. The molecule has 4 nitrogen and oxygen atoms in total. The first-order chi connectivity index (χ1) is 12.0. The van der Waals surface area contributed by atoms with Crippen molar-refractivity contribution in [1.29, 1.82) is 0 Å². The predicted octanol–water partition coefficient (Wildman–Crippen LogP) is 5.00. The Morgan fingerprint density at radius 2 is 1.56 bits per heavy atom. The molecule has 0 radical (unpaired) electrons. The van der Waals surface area contributed by atoms with Gasteiger partial charge in [-0.3, -0.25) is 4.79 Å². The van der Waals surface area contributed by atoms with Crippen molar-refractivity contribution in [2.45, 2.75) is 20.8 Å². The fraction of sp³-hybridized carbons (Fsp3) is 0.143. The third-order valence-electron chi connectivity index (χ3n) is 4.11. The summed E-state index contributed by atoms with van der Waals surface area (Å²) in [6.07, 6.45) is 1.65. The van der Waals surface area contributed by atoms with Gasteiger partial charge in [0.1, 0.15) is 5.82 Å². The first kappa shape index (κ1) is 16.7. The van der Waals surface area contributed by atoms with Gasteiger partial charge < -0.3 is 10.6 Å². The van der Waals surface area contributed by atoms with Crippen molar-refractivity contribution in [3.8, 4) is 0 Å². The van der Waals surface area contributed by atoms with E-state index in [1.807, 2.05) is 49.4 Å². The first-order valence-corrected chi connectivity index (χ1v) is 8.19. The zero-order chi connectivity index (χ0) is 17.8. The number of aryl methyl sites for hydroxylation is 3. The van der Waals surface area contributed by atoms with Gasteiger partial charge in [0.15, 0.2) is 0 Å². The minimum absolute atomic E-state index is 0.142. The van der Waals surface area contributed by atoms with E-state index in [1.54, 1.807) is 6.20 Å². The van der Waals surface area contributed by atoms with Crippen molar-refractivity contribution in [2.24, 2.45) is 0 Å². The lowest BCUT2D eigenvalue weighted by Gasteiger charge is -2.09. The third kappa shape index (κ3) is 4.23. The van der Waals surface area contributed by atoms with E-state index in [4.69, 9.17) is 0 Å². The van der Waals surface area contributed by atoms with Crippen LogP contribution in [0.1, 0.15) is 27.0 Å². The minimum Gasteiger partial charge on any atom is -0.340 e. The Hall–Kier alpha value is -3.14. The summed E-state index contributed by atoms with van der Waals surface area (Å²) in [6.45, 7) is 6.16. The molecule has 25 heavy (non-hydrogen) atoms. The molecule has 0 fully saturated rings. The van der Waals surface area contributed by atoms with Gasteiger partial charge in [-0.25, -0.2) is 4.98 Å². The summed E-state index contributed by atoms with van der Waals surface area (Å²) in [5, 5.41) is 6.12. The van der Waals surface area contributed by atoms with Crippen LogP contribution in [0.5, 0.6) is 0 Å². The van der Waals surface area contributed by atoms with E-state index < -0.39 is 0 Å². The Labute approximate surface area is 147 Å². The number of hydrogen-bond acceptors (Lipinski definition) is 3. The van der Waals surface area contributed by atoms with E-state index in [2.05, 4.69) is 41.6 Å². The van der Waals surface area contributed by atoms with Crippen LogP contribution in [0.15, 0.2) is 60.8 Å². The summed E-state index contributed by atoms with van der Waals surface area (Å²) in [4.78, 5) is 16.6. The van der Waals surface area contributed by atoms with Gasteiger partial charge in [0, 0.05) is 11.3 Å². The number of carbonyl (C=O) groups is 1. The van der Waals surface area contributed by atoms with Crippen molar-refractivity contribution >= 4 is 23.1 Å². The molecule has 0 unspecified atom stereocenters. The Bertz CT molecular complexity index is 884. The van der Waals surface area contributed by atoms with Gasteiger partial charge in [-0.2, -0.15) is 0 Å². The largest absolute Gasteiger partial charge is 0.340 e. The molecule has 1 heterocycles. The Morgan fingerprint density at radius 1 is 0.840 bits per heavy atom. The number of pyridine rings is 1. The highest BCUT2D eigenvalue weighted by Crippen LogP contribution is 2.19. The monoisotopic (exact) mass is 331 g/mol. The van der Waals surface area contributed by atoms with E-state index in [0.29, 0.717) is 11.3 Å². The first-order valence-electron chi connectivity index (χ1n) is 8.19. The Kier molecular flexibility index (Phi) is 4.80. The van der Waals surface area contributed by atoms with Gasteiger partial charge >= 0.3 is 0 Å². The van der Waals surface area contributed by atoms with E-state index in [0.717, 1.165) is 17.1 Å². The predicted molar refractivity (Wildman–Crippen MR) is 103 cm³/mol. The molecule has 0 saturated heterocycles. The Balaban J connectivity index is 1.66. The van der Waals surface area contributed by atoms with Crippen LogP contribution in [0, 0.1) is 20.8 Å². The van der Waals surface area contributed by atoms with E-state index >= 15 is 0 Å². The molecule has 0 spiro atoms. The molecule has 0 aliphatic carbocycles. The van der Waals surface area contributed by atoms with Crippen molar-refractivity contribution in [3.05, 3.63) is 83.0 Å². The summed E-state index contributed by atoms with van der Waals surface area (Å²) in [5.74, 6) is 0.591. The van der Waals surface area contributed by atoms with Gasteiger partial charge in [0.2, 0.25) is 0 Å². The lowest BCUT2D eigenvalue weighted by molar-refractivity contribution is 0.102. The number of nitrogens with one attached hydrogen (secondary N) is 2.